The fourth-order valence-electron chi connectivity index (χ4n) is 4.12. The lowest BCUT2D eigenvalue weighted by atomic mass is 10.1. The van der Waals surface area contributed by atoms with E-state index >= 15 is 0 Å². The highest BCUT2D eigenvalue weighted by Gasteiger charge is 2.26. The highest BCUT2D eigenvalue weighted by molar-refractivity contribution is 7.89. The third kappa shape index (κ3) is 6.58. The minimum Gasteiger partial charge on any atom is -0.493 e. The number of sulfonamides is 1. The second-order valence-corrected chi connectivity index (χ2v) is 10.6. The molecule has 0 aliphatic rings. The minimum absolute atomic E-state index is 0.0240. The van der Waals surface area contributed by atoms with Gasteiger partial charge in [-0.15, -0.1) is 0 Å². The number of hydrogen-bond acceptors (Lipinski definition) is 9. The Hall–Kier alpha value is -3.29. The predicted molar refractivity (Wildman–Crippen MR) is 141 cm³/mol. The highest BCUT2D eigenvalue weighted by atomic mass is 32.2. The molecule has 0 aliphatic carbocycles. The largest absolute Gasteiger partial charge is 0.493 e. The molecule has 38 heavy (non-hydrogen) atoms. The summed E-state index contributed by atoms with van der Waals surface area (Å²) in [5.41, 5.74) is 1.40. The van der Waals surface area contributed by atoms with Crippen molar-refractivity contribution in [3.05, 3.63) is 34.2 Å². The van der Waals surface area contributed by atoms with Gasteiger partial charge >= 0.3 is 5.97 Å². The molecule has 0 saturated carbocycles. The van der Waals surface area contributed by atoms with E-state index in [1.54, 1.807) is 14.0 Å². The first-order valence-electron chi connectivity index (χ1n) is 12.6. The van der Waals surface area contributed by atoms with Crippen LogP contribution in [0.15, 0.2) is 27.9 Å². The van der Waals surface area contributed by atoms with Gasteiger partial charge in [-0.1, -0.05) is 13.3 Å². The number of carbonyl (C=O) groups is 1. The van der Waals surface area contributed by atoms with Crippen molar-refractivity contribution < 1.29 is 27.8 Å². The second-order valence-electron chi connectivity index (χ2n) is 8.70. The van der Waals surface area contributed by atoms with Crippen molar-refractivity contribution in [1.29, 1.82) is 0 Å². The van der Waals surface area contributed by atoms with E-state index in [1.807, 2.05) is 6.92 Å². The van der Waals surface area contributed by atoms with Crippen molar-refractivity contribution in [3.8, 4) is 17.1 Å². The molecule has 2 aromatic heterocycles. The molecule has 0 bridgehead atoms. The number of aromatic amines is 1. The molecular formula is C25H35N5O7S. The van der Waals surface area contributed by atoms with Gasteiger partial charge in [0.05, 0.1) is 29.4 Å². The average Bonchev–Trinajstić information content (AvgIpc) is 3.19. The van der Waals surface area contributed by atoms with Gasteiger partial charge in [0.2, 0.25) is 10.0 Å². The van der Waals surface area contributed by atoms with Crippen LogP contribution in [-0.4, -0.2) is 76.5 Å². The van der Waals surface area contributed by atoms with Crippen molar-refractivity contribution in [1.82, 2.24) is 24.1 Å². The number of nitrogens with zero attached hydrogens (tertiary/aromatic N) is 4. The smallest absolute Gasteiger partial charge is 0.302 e. The zero-order valence-electron chi connectivity index (χ0n) is 22.2. The molecule has 0 saturated heterocycles. The standard InChI is InChI=1S/C25H35N5O7S/c1-5-9-20-22-23(29(4)28-20)25(33)27-24(26-22)19-16-18(10-11-21(19)36-6-2)38(34,35)30(12-7-14-31)13-8-15-37-17(3)32/h10-11,16,31H,5-9,12-15H2,1-4H3,(H,26,27,33). The summed E-state index contributed by atoms with van der Waals surface area (Å²) in [5, 5.41) is 13.7. The topological polar surface area (TPSA) is 157 Å². The molecule has 12 nitrogen and oxygen atoms in total. The van der Waals surface area contributed by atoms with E-state index in [4.69, 9.17) is 9.47 Å². The van der Waals surface area contributed by atoms with Crippen molar-refractivity contribution in [3.63, 3.8) is 0 Å². The maximum Gasteiger partial charge on any atom is 0.302 e. The van der Waals surface area contributed by atoms with Crippen LogP contribution in [0.4, 0.5) is 0 Å². The van der Waals surface area contributed by atoms with Gasteiger partial charge in [0, 0.05) is 33.7 Å². The quantitative estimate of drug-likeness (QED) is 0.227. The van der Waals surface area contributed by atoms with Crippen LogP contribution in [0.2, 0.25) is 0 Å². The molecule has 0 aliphatic heterocycles. The first-order valence-corrected chi connectivity index (χ1v) is 14.1. The summed E-state index contributed by atoms with van der Waals surface area (Å²) in [4.78, 5) is 31.5. The normalized spacial score (nSPS) is 11.8. The van der Waals surface area contributed by atoms with Gasteiger partial charge in [0.1, 0.15) is 17.1 Å². The molecule has 3 aromatic rings. The maximum absolute atomic E-state index is 13.6. The third-order valence-corrected chi connectivity index (χ3v) is 7.71. The van der Waals surface area contributed by atoms with Gasteiger partial charge in [-0.05, 0) is 44.4 Å². The molecule has 208 valence electrons. The number of rotatable bonds is 14. The lowest BCUT2D eigenvalue weighted by Gasteiger charge is -2.22. The number of aryl methyl sites for hydroxylation is 2. The van der Waals surface area contributed by atoms with Crippen LogP contribution in [0.3, 0.4) is 0 Å². The van der Waals surface area contributed by atoms with Gasteiger partial charge in [-0.25, -0.2) is 13.4 Å². The zero-order chi connectivity index (χ0) is 27.9. The van der Waals surface area contributed by atoms with Crippen LogP contribution in [0.25, 0.3) is 22.4 Å². The first kappa shape index (κ1) is 29.3. The van der Waals surface area contributed by atoms with Crippen molar-refractivity contribution in [2.24, 2.45) is 7.05 Å². The van der Waals surface area contributed by atoms with E-state index in [1.165, 1.54) is 34.1 Å². The van der Waals surface area contributed by atoms with Crippen LogP contribution < -0.4 is 10.3 Å². The molecule has 0 unspecified atom stereocenters. The van der Waals surface area contributed by atoms with Crippen LogP contribution in [0.5, 0.6) is 5.75 Å². The Labute approximate surface area is 221 Å². The fraction of sp³-hybridized carbons (Fsp3) is 0.520. The Morgan fingerprint density at radius 1 is 1.21 bits per heavy atom. The number of esters is 1. The number of aliphatic hydroxyl groups excluding tert-OH is 1. The fourth-order valence-corrected chi connectivity index (χ4v) is 5.66. The number of H-pyrrole nitrogens is 1. The average molecular weight is 550 g/mol. The molecule has 2 heterocycles. The second kappa shape index (κ2) is 13.0. The summed E-state index contributed by atoms with van der Waals surface area (Å²) in [6.45, 7) is 5.48. The highest BCUT2D eigenvalue weighted by Crippen LogP contribution is 2.32. The Bertz CT molecular complexity index is 1430. The van der Waals surface area contributed by atoms with E-state index < -0.39 is 21.6 Å². The molecule has 2 N–H and O–H groups in total. The van der Waals surface area contributed by atoms with Gasteiger partial charge in [-0.2, -0.15) is 9.40 Å². The molecule has 0 amide bonds. The summed E-state index contributed by atoms with van der Waals surface area (Å²) in [7, 11) is -2.33. The van der Waals surface area contributed by atoms with Gasteiger partial charge in [0.15, 0.2) is 5.52 Å². The molecule has 0 radical (unpaired) electrons. The van der Waals surface area contributed by atoms with Crippen molar-refractivity contribution >= 4 is 27.0 Å². The molecule has 0 fully saturated rings. The maximum atomic E-state index is 13.6. The monoisotopic (exact) mass is 549 g/mol. The first-order chi connectivity index (χ1) is 18.1. The number of benzene rings is 1. The van der Waals surface area contributed by atoms with Crippen molar-refractivity contribution in [2.75, 3.05) is 32.9 Å². The molecule has 0 spiro atoms. The Morgan fingerprint density at radius 3 is 2.61 bits per heavy atom. The summed E-state index contributed by atoms with van der Waals surface area (Å²) in [5.74, 6) is 0.0943. The summed E-state index contributed by atoms with van der Waals surface area (Å²) in [6, 6.07) is 4.40. The Morgan fingerprint density at radius 2 is 1.95 bits per heavy atom. The predicted octanol–water partition coefficient (Wildman–Crippen LogP) is 2.00. The minimum atomic E-state index is -4.01. The molecule has 0 atom stereocenters. The van der Waals surface area contributed by atoms with Crippen molar-refractivity contribution in [2.45, 2.75) is 51.3 Å². The van der Waals surface area contributed by atoms with Gasteiger partial charge in [-0.3, -0.25) is 14.3 Å². The zero-order valence-corrected chi connectivity index (χ0v) is 23.0. The van der Waals surface area contributed by atoms with E-state index in [0.717, 1.165) is 6.42 Å². The SMILES string of the molecule is CCCc1nn(C)c2c(=O)[nH]c(-c3cc(S(=O)(=O)N(CCCO)CCCOC(C)=O)ccc3OCC)nc12. The number of nitrogens with one attached hydrogen (secondary N) is 1. The van der Waals surface area contributed by atoms with Gasteiger partial charge < -0.3 is 19.6 Å². The van der Waals surface area contributed by atoms with E-state index in [9.17, 15) is 23.1 Å². The number of carbonyl (C=O) groups excluding carboxylic acids is 1. The Balaban J connectivity index is 2.09. The number of hydrogen-bond donors (Lipinski definition) is 2. The van der Waals surface area contributed by atoms with Crippen LogP contribution in [0.1, 0.15) is 45.7 Å². The van der Waals surface area contributed by atoms with Crippen LogP contribution in [-0.2, 0) is 33.0 Å². The van der Waals surface area contributed by atoms with Crippen LogP contribution in [0, 0.1) is 0 Å². The van der Waals surface area contributed by atoms with Crippen LogP contribution >= 0.6 is 0 Å². The molecule has 3 rings (SSSR count). The molecular weight excluding hydrogens is 514 g/mol. The van der Waals surface area contributed by atoms with E-state index in [0.29, 0.717) is 47.5 Å². The summed E-state index contributed by atoms with van der Waals surface area (Å²) >= 11 is 0. The Kier molecular flexibility index (Phi) is 10.00. The lowest BCUT2D eigenvalue weighted by Crippen LogP contribution is -2.34. The lowest BCUT2D eigenvalue weighted by molar-refractivity contribution is -0.141. The number of aliphatic hydroxyl groups is 1. The summed E-state index contributed by atoms with van der Waals surface area (Å²) in [6.07, 6.45) is 1.98. The van der Waals surface area contributed by atoms with E-state index in [2.05, 4.69) is 15.1 Å². The third-order valence-electron chi connectivity index (χ3n) is 5.82. The number of fused-ring (bicyclic) bond motifs is 1. The van der Waals surface area contributed by atoms with Gasteiger partial charge in [0.25, 0.3) is 5.56 Å². The molecule has 13 heteroatoms. The summed E-state index contributed by atoms with van der Waals surface area (Å²) < 4.78 is 40.7. The van der Waals surface area contributed by atoms with E-state index in [-0.39, 0.29) is 43.4 Å². The number of aromatic nitrogens is 4. The number of ether oxygens (including phenoxy) is 2. The molecule has 1 aromatic carbocycles.